The fourth-order valence-electron chi connectivity index (χ4n) is 1.12. The van der Waals surface area contributed by atoms with E-state index in [-0.39, 0.29) is 0 Å². The van der Waals surface area contributed by atoms with Crippen molar-refractivity contribution in [2.24, 2.45) is 0 Å². The average Bonchev–Trinajstić information content (AvgIpc) is 2.28. The highest BCUT2D eigenvalue weighted by atomic mass is 16.3. The van der Waals surface area contributed by atoms with Crippen LogP contribution in [0.4, 0.5) is 0 Å². The predicted molar refractivity (Wildman–Crippen MR) is 52.1 cm³/mol. The SMILES string of the molecule is [N-]=[N+]=CC(=O)[C@@H](O)[C@H](O)c1ccccc1. The maximum absolute atomic E-state index is 11.0. The highest BCUT2D eigenvalue weighted by molar-refractivity contribution is 6.27. The molecule has 0 amide bonds. The van der Waals surface area contributed by atoms with Gasteiger partial charge >= 0.3 is 6.21 Å². The van der Waals surface area contributed by atoms with Crippen molar-refractivity contribution in [3.8, 4) is 0 Å². The number of carbonyl (C=O) groups is 1. The number of aliphatic hydroxyl groups is 2. The van der Waals surface area contributed by atoms with Gasteiger partial charge < -0.3 is 15.7 Å². The third-order valence-electron chi connectivity index (χ3n) is 1.92. The van der Waals surface area contributed by atoms with Gasteiger partial charge in [-0.2, -0.15) is 4.79 Å². The van der Waals surface area contributed by atoms with Gasteiger partial charge in [0.1, 0.15) is 6.10 Å². The molecule has 0 radical (unpaired) electrons. The number of aliphatic hydroxyl groups excluding tert-OH is 2. The molecule has 0 fully saturated rings. The van der Waals surface area contributed by atoms with Crippen molar-refractivity contribution in [3.63, 3.8) is 0 Å². The topological polar surface area (TPSA) is 93.9 Å². The number of nitrogens with zero attached hydrogens (tertiary/aromatic N) is 2. The molecule has 1 aromatic rings. The van der Waals surface area contributed by atoms with Gasteiger partial charge in [0, 0.05) is 0 Å². The molecule has 15 heavy (non-hydrogen) atoms. The van der Waals surface area contributed by atoms with Gasteiger partial charge in [-0.05, 0) is 5.56 Å². The normalized spacial score (nSPS) is 13.7. The first-order chi connectivity index (χ1) is 7.16. The second kappa shape index (κ2) is 5.17. The third kappa shape index (κ3) is 2.82. The van der Waals surface area contributed by atoms with E-state index in [0.29, 0.717) is 11.8 Å². The molecular weight excluding hydrogens is 196 g/mol. The molecule has 0 aliphatic carbocycles. The average molecular weight is 206 g/mol. The zero-order valence-electron chi connectivity index (χ0n) is 7.82. The Morgan fingerprint density at radius 3 is 2.47 bits per heavy atom. The van der Waals surface area contributed by atoms with Crippen LogP contribution in [-0.2, 0) is 4.79 Å². The molecule has 1 rings (SSSR count). The Labute approximate surface area is 86.2 Å². The van der Waals surface area contributed by atoms with Gasteiger partial charge in [-0.25, -0.2) is 0 Å². The highest BCUT2D eigenvalue weighted by Crippen LogP contribution is 2.16. The van der Waals surface area contributed by atoms with Gasteiger partial charge in [0.2, 0.25) is 0 Å². The van der Waals surface area contributed by atoms with Crippen LogP contribution in [0.15, 0.2) is 30.3 Å². The Morgan fingerprint density at radius 1 is 1.33 bits per heavy atom. The van der Waals surface area contributed by atoms with Crippen LogP contribution in [0.3, 0.4) is 0 Å². The standard InChI is InChI=1S/C10H10N2O3/c11-12-6-8(13)10(15)9(14)7-4-2-1-3-5-7/h1-6,9-10,14-15H/t9-,10-/m1/s1. The van der Waals surface area contributed by atoms with Crippen molar-refractivity contribution in [1.82, 2.24) is 0 Å². The lowest BCUT2D eigenvalue weighted by Crippen LogP contribution is -2.29. The van der Waals surface area contributed by atoms with Crippen molar-refractivity contribution < 1.29 is 19.8 Å². The van der Waals surface area contributed by atoms with E-state index in [4.69, 9.17) is 5.53 Å². The summed E-state index contributed by atoms with van der Waals surface area (Å²) in [7, 11) is 0. The van der Waals surface area contributed by atoms with Crippen LogP contribution in [0, 0.1) is 0 Å². The van der Waals surface area contributed by atoms with Crippen molar-refractivity contribution in [1.29, 1.82) is 0 Å². The predicted octanol–water partition coefficient (Wildman–Crippen LogP) is -0.0494. The first-order valence-electron chi connectivity index (χ1n) is 4.29. The molecule has 0 spiro atoms. The Bertz CT molecular complexity index is 385. The van der Waals surface area contributed by atoms with E-state index in [9.17, 15) is 15.0 Å². The first kappa shape index (κ1) is 11.3. The van der Waals surface area contributed by atoms with Gasteiger partial charge in [-0.3, -0.25) is 4.79 Å². The monoisotopic (exact) mass is 206 g/mol. The minimum Gasteiger partial charge on any atom is -0.385 e. The van der Waals surface area contributed by atoms with E-state index < -0.39 is 18.0 Å². The smallest absolute Gasteiger partial charge is 0.326 e. The minimum atomic E-state index is -1.62. The summed E-state index contributed by atoms with van der Waals surface area (Å²) in [4.78, 5) is 13.5. The Kier molecular flexibility index (Phi) is 3.88. The van der Waals surface area contributed by atoms with Crippen LogP contribution in [0.2, 0.25) is 0 Å². The maximum atomic E-state index is 11.0. The van der Waals surface area contributed by atoms with Gasteiger partial charge in [0.05, 0.1) is 0 Å². The summed E-state index contributed by atoms with van der Waals surface area (Å²) >= 11 is 0. The lowest BCUT2D eigenvalue weighted by atomic mass is 10.0. The van der Waals surface area contributed by atoms with Crippen molar-refractivity contribution in [2.75, 3.05) is 0 Å². The van der Waals surface area contributed by atoms with Crippen LogP contribution in [0.25, 0.3) is 5.53 Å². The van der Waals surface area contributed by atoms with E-state index in [0.717, 1.165) is 0 Å². The van der Waals surface area contributed by atoms with Crippen LogP contribution in [0.5, 0.6) is 0 Å². The van der Waals surface area contributed by atoms with E-state index in [2.05, 4.69) is 4.79 Å². The van der Waals surface area contributed by atoms with E-state index in [1.165, 1.54) is 0 Å². The summed E-state index contributed by atoms with van der Waals surface area (Å²) in [5.74, 6) is -0.853. The fourth-order valence-corrected chi connectivity index (χ4v) is 1.12. The van der Waals surface area contributed by atoms with Crippen LogP contribution >= 0.6 is 0 Å². The molecule has 5 heteroatoms. The number of benzene rings is 1. The molecule has 0 saturated carbocycles. The molecule has 0 heterocycles. The lowest BCUT2D eigenvalue weighted by molar-refractivity contribution is -0.129. The molecule has 0 aliphatic rings. The molecule has 5 nitrogen and oxygen atoms in total. The fraction of sp³-hybridized carbons (Fsp3) is 0.200. The quantitative estimate of drug-likeness (QED) is 0.411. The molecule has 0 aromatic heterocycles. The van der Waals surface area contributed by atoms with E-state index in [1.807, 2.05) is 0 Å². The minimum absolute atomic E-state index is 0.421. The van der Waals surface area contributed by atoms with Crippen LogP contribution in [0.1, 0.15) is 11.7 Å². The number of hydrogen-bond acceptors (Lipinski definition) is 3. The summed E-state index contributed by atoms with van der Waals surface area (Å²) in [5.41, 5.74) is 8.51. The van der Waals surface area contributed by atoms with Crippen molar-refractivity contribution in [3.05, 3.63) is 41.4 Å². The second-order valence-corrected chi connectivity index (χ2v) is 2.95. The molecule has 1 aromatic carbocycles. The van der Waals surface area contributed by atoms with Crippen molar-refractivity contribution in [2.45, 2.75) is 12.2 Å². The van der Waals surface area contributed by atoms with Crippen LogP contribution in [-0.4, -0.2) is 33.1 Å². The summed E-state index contributed by atoms with van der Waals surface area (Å²) in [5, 5.41) is 18.9. The van der Waals surface area contributed by atoms with Gasteiger partial charge in [-0.1, -0.05) is 30.3 Å². The van der Waals surface area contributed by atoms with Crippen molar-refractivity contribution >= 4 is 12.0 Å². The largest absolute Gasteiger partial charge is 0.385 e. The zero-order valence-corrected chi connectivity index (χ0v) is 7.82. The number of carbonyl (C=O) groups excluding carboxylic acids is 1. The molecule has 0 unspecified atom stereocenters. The molecule has 2 atom stereocenters. The molecule has 0 aliphatic heterocycles. The van der Waals surface area contributed by atoms with Gasteiger partial charge in [0.25, 0.3) is 5.78 Å². The number of ketones is 1. The Hall–Kier alpha value is -1.81. The third-order valence-corrected chi connectivity index (χ3v) is 1.92. The highest BCUT2D eigenvalue weighted by Gasteiger charge is 2.26. The molecule has 0 bridgehead atoms. The molecular formula is C10H10N2O3. The van der Waals surface area contributed by atoms with E-state index in [1.54, 1.807) is 30.3 Å². The summed E-state index contributed by atoms with van der Waals surface area (Å²) in [6, 6.07) is 8.26. The lowest BCUT2D eigenvalue weighted by Gasteiger charge is -2.13. The number of Topliss-reactive ketones (excluding diaryl/α,β-unsaturated/α-hetero) is 1. The van der Waals surface area contributed by atoms with Crippen LogP contribution < -0.4 is 0 Å². The first-order valence-corrected chi connectivity index (χ1v) is 4.29. The maximum Gasteiger partial charge on any atom is 0.326 e. The molecule has 78 valence electrons. The molecule has 2 N–H and O–H groups in total. The number of hydrogen-bond donors (Lipinski definition) is 2. The van der Waals surface area contributed by atoms with Gasteiger partial charge in [0.15, 0.2) is 6.10 Å². The zero-order chi connectivity index (χ0) is 11.3. The summed E-state index contributed by atoms with van der Waals surface area (Å²) in [6.45, 7) is 0. The second-order valence-electron chi connectivity index (χ2n) is 2.95. The Balaban J connectivity index is 2.81. The Morgan fingerprint density at radius 2 is 1.93 bits per heavy atom. The van der Waals surface area contributed by atoms with E-state index >= 15 is 0 Å². The molecule has 0 saturated heterocycles. The summed E-state index contributed by atoms with van der Waals surface area (Å²) in [6.07, 6.45) is -2.39. The van der Waals surface area contributed by atoms with Gasteiger partial charge in [-0.15, -0.1) is 0 Å². The summed E-state index contributed by atoms with van der Waals surface area (Å²) < 4.78 is 0. The number of rotatable bonds is 4.